The normalized spacial score (nSPS) is 21.3. The summed E-state index contributed by atoms with van der Waals surface area (Å²) in [5, 5.41) is 13.8. The van der Waals surface area contributed by atoms with Crippen LogP contribution in [0.1, 0.15) is 29.6 Å². The number of hydrogen-bond acceptors (Lipinski definition) is 4. The lowest BCUT2D eigenvalue weighted by molar-refractivity contribution is -0.145. The molecule has 1 aromatic heterocycles. The van der Waals surface area contributed by atoms with Gasteiger partial charge in [-0.25, -0.2) is 4.68 Å². The van der Waals surface area contributed by atoms with E-state index in [0.29, 0.717) is 37.2 Å². The highest BCUT2D eigenvalue weighted by atomic mass is 16.4. The average Bonchev–Trinajstić information content (AvgIpc) is 3.32. The van der Waals surface area contributed by atoms with E-state index in [0.717, 1.165) is 0 Å². The zero-order chi connectivity index (χ0) is 19.9. The van der Waals surface area contributed by atoms with Crippen molar-refractivity contribution in [2.45, 2.75) is 24.8 Å². The summed E-state index contributed by atoms with van der Waals surface area (Å²) < 4.78 is 1.66. The highest BCUT2D eigenvalue weighted by molar-refractivity contribution is 5.98. The largest absolute Gasteiger partial charge is 0.481 e. The van der Waals surface area contributed by atoms with Crippen LogP contribution in [0.3, 0.4) is 0 Å². The van der Waals surface area contributed by atoms with Crippen molar-refractivity contribution in [2.75, 3.05) is 20.1 Å². The Labute approximate surface area is 162 Å². The molecule has 3 heterocycles. The Balaban J connectivity index is 1.56. The molecule has 0 bridgehead atoms. The van der Waals surface area contributed by atoms with Gasteiger partial charge < -0.3 is 14.9 Å². The van der Waals surface area contributed by atoms with Gasteiger partial charge in [0, 0.05) is 39.0 Å². The summed E-state index contributed by atoms with van der Waals surface area (Å²) in [5.41, 5.74) is 0.545. The summed E-state index contributed by atoms with van der Waals surface area (Å²) in [5.74, 6) is -1.92. The Kier molecular flexibility index (Phi) is 4.41. The van der Waals surface area contributed by atoms with Crippen LogP contribution in [0.25, 0.3) is 5.69 Å². The second-order valence-electron chi connectivity index (χ2n) is 7.41. The summed E-state index contributed by atoms with van der Waals surface area (Å²) in [6.45, 7) is 0.821. The van der Waals surface area contributed by atoms with Gasteiger partial charge >= 0.3 is 5.97 Å². The van der Waals surface area contributed by atoms with Crippen LogP contribution in [0.5, 0.6) is 0 Å². The van der Waals surface area contributed by atoms with Crippen LogP contribution in [0, 0.1) is 5.92 Å². The van der Waals surface area contributed by atoms with E-state index in [1.807, 2.05) is 18.2 Å². The van der Waals surface area contributed by atoms with Crippen LogP contribution in [-0.2, 0) is 9.59 Å². The molecule has 8 nitrogen and oxygen atoms in total. The van der Waals surface area contributed by atoms with Crippen molar-refractivity contribution < 1.29 is 19.5 Å². The number of likely N-dealkylation sites (tertiary alicyclic amines) is 2. The van der Waals surface area contributed by atoms with Gasteiger partial charge in [-0.2, -0.15) is 5.10 Å². The van der Waals surface area contributed by atoms with Gasteiger partial charge in [-0.15, -0.1) is 0 Å². The number of carboxylic acids is 1. The van der Waals surface area contributed by atoms with E-state index in [2.05, 4.69) is 5.10 Å². The fourth-order valence-electron chi connectivity index (χ4n) is 4.52. The van der Waals surface area contributed by atoms with E-state index in [1.165, 1.54) is 0 Å². The van der Waals surface area contributed by atoms with Gasteiger partial charge in [-0.1, -0.05) is 12.1 Å². The van der Waals surface area contributed by atoms with Crippen molar-refractivity contribution in [3.8, 4) is 5.69 Å². The van der Waals surface area contributed by atoms with Crippen LogP contribution in [0.4, 0.5) is 0 Å². The summed E-state index contributed by atoms with van der Waals surface area (Å²) in [7, 11) is 1.68. The van der Waals surface area contributed by atoms with Crippen molar-refractivity contribution in [2.24, 2.45) is 5.92 Å². The number of nitrogens with zero attached hydrogens (tertiary/aromatic N) is 4. The Hall–Kier alpha value is -3.16. The van der Waals surface area contributed by atoms with E-state index in [4.69, 9.17) is 0 Å². The maximum Gasteiger partial charge on any atom is 0.309 e. The summed E-state index contributed by atoms with van der Waals surface area (Å²) in [6, 6.07) is 9.08. The first-order valence-electron chi connectivity index (χ1n) is 9.32. The molecular weight excluding hydrogens is 360 g/mol. The van der Waals surface area contributed by atoms with Crippen LogP contribution in [-0.4, -0.2) is 68.1 Å². The number of carbonyl (C=O) groups excluding carboxylic acids is 2. The molecule has 2 fully saturated rings. The van der Waals surface area contributed by atoms with Gasteiger partial charge in [0.1, 0.15) is 0 Å². The Morgan fingerprint density at radius 2 is 1.89 bits per heavy atom. The van der Waals surface area contributed by atoms with Crippen molar-refractivity contribution in [3.63, 3.8) is 0 Å². The topological polar surface area (TPSA) is 95.7 Å². The van der Waals surface area contributed by atoms with Crippen molar-refractivity contribution in [1.82, 2.24) is 19.6 Å². The molecule has 0 saturated carbocycles. The predicted octanol–water partition coefficient (Wildman–Crippen LogP) is 1.41. The Morgan fingerprint density at radius 1 is 1.18 bits per heavy atom. The quantitative estimate of drug-likeness (QED) is 0.866. The highest BCUT2D eigenvalue weighted by Crippen LogP contribution is 2.43. The predicted molar refractivity (Wildman–Crippen MR) is 99.9 cm³/mol. The van der Waals surface area contributed by atoms with Gasteiger partial charge in [0.2, 0.25) is 5.91 Å². The minimum absolute atomic E-state index is 0.0297. The molecule has 1 aromatic carbocycles. The highest BCUT2D eigenvalue weighted by Gasteiger charge is 2.55. The van der Waals surface area contributed by atoms with Crippen LogP contribution in [0.2, 0.25) is 0 Å². The first-order valence-corrected chi connectivity index (χ1v) is 9.32. The minimum atomic E-state index is -0.943. The zero-order valence-electron chi connectivity index (χ0n) is 15.6. The monoisotopic (exact) mass is 382 g/mol. The molecule has 1 N–H and O–H groups in total. The number of rotatable bonds is 3. The lowest BCUT2D eigenvalue weighted by Gasteiger charge is -2.45. The van der Waals surface area contributed by atoms with Gasteiger partial charge in [0.05, 0.1) is 22.7 Å². The molecular formula is C20H22N4O4. The second kappa shape index (κ2) is 6.78. The number of benzene rings is 1. The number of hydrogen-bond donors (Lipinski definition) is 1. The van der Waals surface area contributed by atoms with Gasteiger partial charge in [0.15, 0.2) is 0 Å². The number of para-hydroxylation sites is 1. The van der Waals surface area contributed by atoms with E-state index < -0.39 is 17.4 Å². The summed E-state index contributed by atoms with van der Waals surface area (Å²) in [6.07, 6.45) is 4.39. The van der Waals surface area contributed by atoms with E-state index >= 15 is 0 Å². The van der Waals surface area contributed by atoms with Gasteiger partial charge in [0.25, 0.3) is 5.91 Å². The SMILES string of the molecule is CN1C(=O)C[C@@H](C(=O)O)C12CCN(C(=O)c1ccccc1-n1cccn1)CC2. The molecule has 2 aliphatic heterocycles. The number of carboxylic acid groups (broad SMARTS) is 1. The molecule has 0 aliphatic carbocycles. The Bertz CT molecular complexity index is 916. The van der Waals surface area contributed by atoms with E-state index in [9.17, 15) is 19.5 Å². The average molecular weight is 382 g/mol. The fourth-order valence-corrected chi connectivity index (χ4v) is 4.52. The van der Waals surface area contributed by atoms with Crippen LogP contribution < -0.4 is 0 Å². The number of aliphatic carboxylic acids is 1. The molecule has 1 atom stereocenters. The standard InChI is InChI=1S/C20H22N4O4/c1-22-17(25)13-15(19(27)28)20(22)7-11-23(12-8-20)18(26)14-5-2-3-6-16(14)24-10-4-9-21-24/h2-6,9-10,15H,7-8,11-13H2,1H3,(H,27,28)/t15-/m0/s1. The van der Waals surface area contributed by atoms with Crippen molar-refractivity contribution in [3.05, 3.63) is 48.3 Å². The maximum absolute atomic E-state index is 13.2. The van der Waals surface area contributed by atoms with E-state index in [1.54, 1.807) is 46.1 Å². The molecule has 2 aromatic rings. The number of piperidine rings is 1. The molecule has 146 valence electrons. The number of amides is 2. The van der Waals surface area contributed by atoms with Gasteiger partial charge in [-0.3, -0.25) is 14.4 Å². The molecule has 2 saturated heterocycles. The minimum Gasteiger partial charge on any atom is -0.481 e. The third-order valence-corrected chi connectivity index (χ3v) is 6.17. The van der Waals surface area contributed by atoms with Gasteiger partial charge in [-0.05, 0) is 31.0 Å². The zero-order valence-corrected chi connectivity index (χ0v) is 15.6. The van der Waals surface area contributed by atoms with Crippen molar-refractivity contribution >= 4 is 17.8 Å². The molecule has 2 amide bonds. The molecule has 1 spiro atoms. The summed E-state index contributed by atoms with van der Waals surface area (Å²) >= 11 is 0. The van der Waals surface area contributed by atoms with Crippen LogP contribution in [0.15, 0.2) is 42.7 Å². The third-order valence-electron chi connectivity index (χ3n) is 6.17. The third kappa shape index (κ3) is 2.76. The summed E-state index contributed by atoms with van der Waals surface area (Å²) in [4.78, 5) is 40.4. The van der Waals surface area contributed by atoms with Crippen molar-refractivity contribution in [1.29, 1.82) is 0 Å². The number of carbonyl (C=O) groups is 3. The molecule has 0 radical (unpaired) electrons. The van der Waals surface area contributed by atoms with Crippen LogP contribution >= 0.6 is 0 Å². The lowest BCUT2D eigenvalue weighted by Crippen LogP contribution is -2.57. The second-order valence-corrected chi connectivity index (χ2v) is 7.41. The first kappa shape index (κ1) is 18.2. The smallest absolute Gasteiger partial charge is 0.309 e. The molecule has 4 rings (SSSR count). The first-order chi connectivity index (χ1) is 13.4. The Morgan fingerprint density at radius 3 is 2.54 bits per heavy atom. The lowest BCUT2D eigenvalue weighted by atomic mass is 9.77. The molecule has 8 heteroatoms. The number of aromatic nitrogens is 2. The molecule has 0 unspecified atom stereocenters. The fraction of sp³-hybridized carbons (Fsp3) is 0.400. The maximum atomic E-state index is 13.2. The van der Waals surface area contributed by atoms with E-state index in [-0.39, 0.29) is 18.2 Å². The molecule has 2 aliphatic rings. The molecule has 28 heavy (non-hydrogen) atoms.